The fraction of sp³-hybridized carbons (Fsp3) is 0.375. The molecule has 1 aromatic heterocycles. The van der Waals surface area contributed by atoms with Crippen molar-refractivity contribution in [3.05, 3.63) is 28.0 Å². The third-order valence-corrected chi connectivity index (χ3v) is 2.35. The summed E-state index contributed by atoms with van der Waals surface area (Å²) in [4.78, 5) is 3.64. The van der Waals surface area contributed by atoms with Gasteiger partial charge in [0.15, 0.2) is 0 Å². The van der Waals surface area contributed by atoms with Gasteiger partial charge >= 0.3 is 0 Å². The van der Waals surface area contributed by atoms with Crippen molar-refractivity contribution in [2.75, 3.05) is 0 Å². The average molecular weight is 226 g/mol. The van der Waals surface area contributed by atoms with Gasteiger partial charge in [-0.25, -0.2) is 13.8 Å². The van der Waals surface area contributed by atoms with Crippen molar-refractivity contribution in [1.29, 1.82) is 0 Å². The van der Waals surface area contributed by atoms with Crippen LogP contribution in [0, 0.1) is 6.92 Å². The molecule has 0 unspecified atom stereocenters. The fourth-order valence-electron chi connectivity index (χ4n) is 0.950. The summed E-state index contributed by atoms with van der Waals surface area (Å²) in [6.07, 6.45) is -2.59. The monoisotopic (exact) mass is 225 g/mol. The maximum absolute atomic E-state index is 12.2. The minimum atomic E-state index is -2.59. The van der Waals surface area contributed by atoms with E-state index >= 15 is 0 Å². The fourth-order valence-corrected chi connectivity index (χ4v) is 1.38. The van der Waals surface area contributed by atoms with Crippen LogP contribution >= 0.6 is 23.2 Å². The molecular formula is C8H7Cl2F2N. The summed E-state index contributed by atoms with van der Waals surface area (Å²) in [6.45, 7) is 1.64. The summed E-state index contributed by atoms with van der Waals surface area (Å²) in [5.41, 5.74) is 0.596. The van der Waals surface area contributed by atoms with Crippen LogP contribution in [0.1, 0.15) is 23.4 Å². The zero-order chi connectivity index (χ0) is 10.0. The molecular weight excluding hydrogens is 219 g/mol. The third-order valence-electron chi connectivity index (χ3n) is 1.58. The molecule has 0 spiro atoms. The van der Waals surface area contributed by atoms with Gasteiger partial charge in [-0.2, -0.15) is 0 Å². The predicted octanol–water partition coefficient (Wildman–Crippen LogP) is 3.72. The highest BCUT2D eigenvalue weighted by Crippen LogP contribution is 2.25. The molecule has 0 N–H and O–H groups in total. The van der Waals surface area contributed by atoms with Gasteiger partial charge in [0.05, 0.1) is 16.6 Å². The summed E-state index contributed by atoms with van der Waals surface area (Å²) in [6, 6.07) is 1.27. The standard InChI is InChI=1S/C8H7Cl2F2N/c1-4-2-5(8(11)12)13-6(3-9)7(4)10/h2,8H,3H2,1H3. The Hall–Kier alpha value is -0.410. The maximum atomic E-state index is 12.2. The molecule has 0 saturated heterocycles. The Kier molecular flexibility index (Phi) is 3.45. The first-order chi connectivity index (χ1) is 6.06. The van der Waals surface area contributed by atoms with Gasteiger partial charge in [-0.1, -0.05) is 11.6 Å². The summed E-state index contributed by atoms with van der Waals surface area (Å²) in [5.74, 6) is 0.0419. The molecule has 0 aromatic carbocycles. The minimum absolute atomic E-state index is 0.0419. The van der Waals surface area contributed by atoms with Gasteiger partial charge in [0, 0.05) is 0 Å². The van der Waals surface area contributed by atoms with Crippen LogP contribution in [0.2, 0.25) is 5.02 Å². The van der Waals surface area contributed by atoms with Crippen molar-refractivity contribution in [2.24, 2.45) is 0 Å². The van der Waals surface area contributed by atoms with Crippen LogP contribution in [0.3, 0.4) is 0 Å². The molecule has 72 valence electrons. The van der Waals surface area contributed by atoms with E-state index in [2.05, 4.69) is 4.98 Å². The smallest absolute Gasteiger partial charge is 0.249 e. The summed E-state index contributed by atoms with van der Waals surface area (Å²) < 4.78 is 24.5. The number of pyridine rings is 1. The number of rotatable bonds is 2. The van der Waals surface area contributed by atoms with Crippen molar-refractivity contribution in [3.8, 4) is 0 Å². The molecule has 0 aliphatic heterocycles. The topological polar surface area (TPSA) is 12.9 Å². The second-order valence-corrected chi connectivity index (χ2v) is 3.20. The molecule has 0 saturated carbocycles. The number of nitrogens with zero attached hydrogens (tertiary/aromatic N) is 1. The molecule has 0 radical (unpaired) electrons. The lowest BCUT2D eigenvalue weighted by molar-refractivity contribution is 0.146. The van der Waals surface area contributed by atoms with E-state index in [1.54, 1.807) is 6.92 Å². The highest BCUT2D eigenvalue weighted by Gasteiger charge is 2.13. The average Bonchev–Trinajstić information content (AvgIpc) is 2.09. The molecule has 5 heteroatoms. The van der Waals surface area contributed by atoms with Crippen molar-refractivity contribution < 1.29 is 8.78 Å². The molecule has 1 heterocycles. The lowest BCUT2D eigenvalue weighted by atomic mass is 10.2. The number of hydrogen-bond acceptors (Lipinski definition) is 1. The van der Waals surface area contributed by atoms with Gasteiger partial charge in [0.2, 0.25) is 0 Å². The van der Waals surface area contributed by atoms with E-state index in [0.29, 0.717) is 16.3 Å². The van der Waals surface area contributed by atoms with Crippen molar-refractivity contribution in [1.82, 2.24) is 4.98 Å². The molecule has 0 atom stereocenters. The Bertz CT molecular complexity index is 315. The third kappa shape index (κ3) is 2.29. The van der Waals surface area contributed by atoms with Crippen LogP contribution in [-0.2, 0) is 5.88 Å². The van der Waals surface area contributed by atoms with Gasteiger partial charge in [-0.3, -0.25) is 0 Å². The molecule has 1 nitrogen and oxygen atoms in total. The Morgan fingerprint density at radius 3 is 2.62 bits per heavy atom. The molecule has 0 aliphatic rings. The van der Waals surface area contributed by atoms with Crippen LogP contribution in [0.5, 0.6) is 0 Å². The number of hydrogen-bond donors (Lipinski definition) is 0. The van der Waals surface area contributed by atoms with Crippen LogP contribution in [0.4, 0.5) is 8.78 Å². The largest absolute Gasteiger partial charge is 0.280 e. The van der Waals surface area contributed by atoms with Gasteiger partial charge < -0.3 is 0 Å². The molecule has 1 rings (SSSR count). The Morgan fingerprint density at radius 1 is 1.54 bits per heavy atom. The first kappa shape index (κ1) is 10.7. The van der Waals surface area contributed by atoms with Gasteiger partial charge in [0.25, 0.3) is 6.43 Å². The Labute approximate surface area is 84.7 Å². The molecule has 13 heavy (non-hydrogen) atoms. The van der Waals surface area contributed by atoms with Crippen LogP contribution < -0.4 is 0 Å². The Morgan fingerprint density at radius 2 is 2.15 bits per heavy atom. The lowest BCUT2D eigenvalue weighted by Crippen LogP contribution is -1.97. The number of aromatic nitrogens is 1. The first-order valence-electron chi connectivity index (χ1n) is 3.56. The molecule has 1 aromatic rings. The van der Waals surface area contributed by atoms with Crippen LogP contribution in [0.15, 0.2) is 6.07 Å². The second-order valence-electron chi connectivity index (χ2n) is 2.56. The van der Waals surface area contributed by atoms with Gasteiger partial charge in [-0.15, -0.1) is 11.6 Å². The first-order valence-corrected chi connectivity index (χ1v) is 4.47. The predicted molar refractivity (Wildman–Crippen MR) is 48.5 cm³/mol. The highest BCUT2D eigenvalue weighted by molar-refractivity contribution is 6.32. The van der Waals surface area contributed by atoms with Crippen LogP contribution in [0.25, 0.3) is 0 Å². The SMILES string of the molecule is Cc1cc(C(F)F)nc(CCl)c1Cl. The van der Waals surface area contributed by atoms with E-state index in [9.17, 15) is 8.78 Å². The summed E-state index contributed by atoms with van der Waals surface area (Å²) >= 11 is 11.3. The number of aryl methyl sites for hydroxylation is 1. The van der Waals surface area contributed by atoms with E-state index in [4.69, 9.17) is 23.2 Å². The minimum Gasteiger partial charge on any atom is -0.249 e. The molecule has 0 aliphatic carbocycles. The second kappa shape index (κ2) is 4.20. The van der Waals surface area contributed by atoms with Crippen molar-refractivity contribution >= 4 is 23.2 Å². The number of alkyl halides is 3. The zero-order valence-electron chi connectivity index (χ0n) is 6.82. The van der Waals surface area contributed by atoms with Crippen molar-refractivity contribution in [3.63, 3.8) is 0 Å². The lowest BCUT2D eigenvalue weighted by Gasteiger charge is -2.06. The van der Waals surface area contributed by atoms with Crippen molar-refractivity contribution in [2.45, 2.75) is 19.2 Å². The molecule has 0 fully saturated rings. The highest BCUT2D eigenvalue weighted by atomic mass is 35.5. The van der Waals surface area contributed by atoms with Crippen LogP contribution in [-0.4, -0.2) is 4.98 Å². The molecule has 0 bridgehead atoms. The molecule has 0 amide bonds. The summed E-state index contributed by atoms with van der Waals surface area (Å²) in [5, 5.41) is 0.361. The maximum Gasteiger partial charge on any atom is 0.280 e. The zero-order valence-corrected chi connectivity index (χ0v) is 8.33. The van der Waals surface area contributed by atoms with E-state index in [-0.39, 0.29) is 11.6 Å². The van der Waals surface area contributed by atoms with Gasteiger partial charge in [0.1, 0.15) is 5.69 Å². The van der Waals surface area contributed by atoms with E-state index in [1.807, 2.05) is 0 Å². The van der Waals surface area contributed by atoms with E-state index in [0.717, 1.165) is 0 Å². The summed E-state index contributed by atoms with van der Waals surface area (Å²) in [7, 11) is 0. The quantitative estimate of drug-likeness (QED) is 0.700. The number of halogens is 4. The van der Waals surface area contributed by atoms with E-state index < -0.39 is 6.43 Å². The van der Waals surface area contributed by atoms with Gasteiger partial charge in [-0.05, 0) is 18.6 Å². The van der Waals surface area contributed by atoms with E-state index in [1.165, 1.54) is 6.07 Å². The Balaban J connectivity index is 3.22. The normalized spacial score (nSPS) is 10.9.